The average Bonchev–Trinajstić information content (AvgIpc) is 2.74. The second kappa shape index (κ2) is 10.6. The summed E-state index contributed by atoms with van der Waals surface area (Å²) in [6.45, 7) is 0.339. The van der Waals surface area contributed by atoms with E-state index in [9.17, 15) is 14.4 Å². The molecule has 2 aromatic carbocycles. The summed E-state index contributed by atoms with van der Waals surface area (Å²) >= 11 is 0. The number of hydrogen-bond donors (Lipinski definition) is 2. The molecular weight excluding hydrogens is 376 g/mol. The molecule has 0 atom stereocenters. The van der Waals surface area contributed by atoms with Crippen LogP contribution in [0, 0.1) is 5.92 Å². The number of Topliss-reactive ketones (excluding diaryl/α,β-unsaturated/α-hetero) is 2. The van der Waals surface area contributed by atoms with E-state index in [0.29, 0.717) is 17.8 Å². The minimum Gasteiger partial charge on any atom is -0.368 e. The van der Waals surface area contributed by atoms with Gasteiger partial charge < -0.3 is 10.6 Å². The van der Waals surface area contributed by atoms with E-state index in [2.05, 4.69) is 10.6 Å². The summed E-state index contributed by atoms with van der Waals surface area (Å²) in [4.78, 5) is 36.6. The summed E-state index contributed by atoms with van der Waals surface area (Å²) in [5.74, 6) is -0.818. The molecule has 1 aliphatic carbocycles. The number of amides is 1. The summed E-state index contributed by atoms with van der Waals surface area (Å²) in [6, 6.07) is 15.2. The quantitative estimate of drug-likeness (QED) is 0.414. The maximum Gasteiger partial charge on any atom is 0.233 e. The minimum atomic E-state index is -0.529. The molecule has 28 heavy (non-hydrogen) atoms. The van der Waals surface area contributed by atoms with Gasteiger partial charge in [0.1, 0.15) is 0 Å². The van der Waals surface area contributed by atoms with E-state index >= 15 is 0 Å². The van der Waals surface area contributed by atoms with Gasteiger partial charge in [-0.15, -0.1) is 12.4 Å². The Kier molecular flexibility index (Phi) is 8.20. The Balaban J connectivity index is 0.00000280. The summed E-state index contributed by atoms with van der Waals surface area (Å²) < 4.78 is 0. The van der Waals surface area contributed by atoms with Gasteiger partial charge in [0, 0.05) is 22.7 Å². The van der Waals surface area contributed by atoms with Crippen molar-refractivity contribution in [3.05, 3.63) is 65.7 Å². The lowest BCUT2D eigenvalue weighted by molar-refractivity contribution is -0.125. The van der Waals surface area contributed by atoms with Crippen LogP contribution >= 0.6 is 12.4 Å². The molecule has 0 unspecified atom stereocenters. The highest BCUT2D eigenvalue weighted by Crippen LogP contribution is 2.23. The van der Waals surface area contributed by atoms with Crippen LogP contribution in [0.25, 0.3) is 0 Å². The summed E-state index contributed by atoms with van der Waals surface area (Å²) in [5, 5.41) is 6.02. The molecule has 0 radical (unpaired) electrons. The number of hydrogen-bond acceptors (Lipinski definition) is 4. The van der Waals surface area contributed by atoms with E-state index in [0.717, 1.165) is 31.4 Å². The van der Waals surface area contributed by atoms with Crippen molar-refractivity contribution < 1.29 is 14.4 Å². The molecule has 1 amide bonds. The normalized spacial score (nSPS) is 13.9. The Morgan fingerprint density at radius 2 is 1.36 bits per heavy atom. The van der Waals surface area contributed by atoms with Gasteiger partial charge in [-0.2, -0.15) is 0 Å². The lowest BCUT2D eigenvalue weighted by atomic mass is 9.89. The summed E-state index contributed by atoms with van der Waals surface area (Å²) in [7, 11) is 0. The van der Waals surface area contributed by atoms with Gasteiger partial charge in [0.05, 0.1) is 6.67 Å². The third-order valence-corrected chi connectivity index (χ3v) is 4.92. The first-order chi connectivity index (χ1) is 13.1. The zero-order chi connectivity index (χ0) is 19.1. The van der Waals surface area contributed by atoms with Gasteiger partial charge in [-0.05, 0) is 37.1 Å². The van der Waals surface area contributed by atoms with Crippen LogP contribution < -0.4 is 10.6 Å². The van der Waals surface area contributed by atoms with E-state index < -0.39 is 11.6 Å². The molecule has 1 fully saturated rings. The van der Waals surface area contributed by atoms with Crippen LogP contribution in [-0.2, 0) is 4.79 Å². The molecule has 6 heteroatoms. The second-order valence-corrected chi connectivity index (χ2v) is 6.83. The van der Waals surface area contributed by atoms with E-state index in [1.165, 1.54) is 6.42 Å². The zero-order valence-electron chi connectivity index (χ0n) is 15.6. The van der Waals surface area contributed by atoms with Crippen LogP contribution in [0.15, 0.2) is 54.6 Å². The molecule has 0 spiro atoms. The first kappa shape index (κ1) is 21.6. The van der Waals surface area contributed by atoms with Gasteiger partial charge >= 0.3 is 0 Å². The predicted octanol–water partition coefficient (Wildman–Crippen LogP) is 4.24. The molecule has 0 aromatic heterocycles. The molecule has 2 N–H and O–H groups in total. The fourth-order valence-electron chi connectivity index (χ4n) is 3.33. The Bertz CT molecular complexity index is 800. The summed E-state index contributed by atoms with van der Waals surface area (Å²) in [5.41, 5.74) is 1.51. The molecule has 148 valence electrons. The topological polar surface area (TPSA) is 75.3 Å². The number of ketones is 2. The highest BCUT2D eigenvalue weighted by Gasteiger charge is 2.20. The third-order valence-electron chi connectivity index (χ3n) is 4.92. The van der Waals surface area contributed by atoms with Crippen molar-refractivity contribution in [1.82, 2.24) is 5.32 Å². The number of nitrogens with one attached hydrogen (secondary N) is 2. The Hall–Kier alpha value is -2.66. The third kappa shape index (κ3) is 5.67. The molecule has 0 heterocycles. The van der Waals surface area contributed by atoms with Gasteiger partial charge in [0.25, 0.3) is 0 Å². The van der Waals surface area contributed by atoms with Crippen molar-refractivity contribution in [2.45, 2.75) is 32.1 Å². The molecule has 1 aliphatic rings. The number of anilines is 1. The lowest BCUT2D eigenvalue weighted by Gasteiger charge is -2.21. The average molecular weight is 401 g/mol. The molecule has 0 saturated heterocycles. The highest BCUT2D eigenvalue weighted by atomic mass is 35.5. The van der Waals surface area contributed by atoms with E-state index in [-0.39, 0.29) is 24.2 Å². The maximum absolute atomic E-state index is 12.3. The monoisotopic (exact) mass is 400 g/mol. The largest absolute Gasteiger partial charge is 0.368 e. The molecule has 0 bridgehead atoms. The van der Waals surface area contributed by atoms with Crippen molar-refractivity contribution in [3.63, 3.8) is 0 Å². The van der Waals surface area contributed by atoms with E-state index in [1.54, 1.807) is 54.6 Å². The van der Waals surface area contributed by atoms with Crippen molar-refractivity contribution in [2.24, 2.45) is 5.92 Å². The molecule has 0 aliphatic heterocycles. The molecule has 1 saturated carbocycles. The fourth-order valence-corrected chi connectivity index (χ4v) is 3.33. The van der Waals surface area contributed by atoms with Gasteiger partial charge in [0.2, 0.25) is 17.5 Å². The Morgan fingerprint density at radius 1 is 0.786 bits per heavy atom. The molecule has 3 rings (SSSR count). The number of halogens is 1. The standard InChI is InChI=1S/C22H24N2O3.ClH/c25-20(16-7-3-1-4-8-16)21(26)17-11-13-19(14-12-17)23-15-24-22(27)18-9-5-2-6-10-18;/h1,3-4,7-8,11-14,18,23H,2,5-6,9-10,15H2,(H,24,27);1H. The van der Waals surface area contributed by atoms with Crippen molar-refractivity contribution in [3.8, 4) is 0 Å². The Morgan fingerprint density at radius 3 is 1.96 bits per heavy atom. The number of rotatable bonds is 7. The molecular formula is C22H25ClN2O3. The van der Waals surface area contributed by atoms with E-state index in [4.69, 9.17) is 0 Å². The SMILES string of the molecule is Cl.O=C(C(=O)c1ccc(NCNC(=O)C2CCCCC2)cc1)c1ccccc1. The van der Waals surface area contributed by atoms with Crippen LogP contribution in [0.4, 0.5) is 5.69 Å². The number of carbonyl (C=O) groups is 3. The van der Waals surface area contributed by atoms with Crippen molar-refractivity contribution >= 4 is 35.6 Å². The van der Waals surface area contributed by atoms with Crippen molar-refractivity contribution in [2.75, 3.05) is 12.0 Å². The smallest absolute Gasteiger partial charge is 0.233 e. The fraction of sp³-hybridized carbons (Fsp3) is 0.318. The molecule has 5 nitrogen and oxygen atoms in total. The number of benzene rings is 2. The first-order valence-corrected chi connectivity index (χ1v) is 9.41. The first-order valence-electron chi connectivity index (χ1n) is 9.41. The molecule has 2 aromatic rings. The van der Waals surface area contributed by atoms with Crippen LogP contribution in [0.1, 0.15) is 52.8 Å². The van der Waals surface area contributed by atoms with Gasteiger partial charge in [-0.1, -0.05) is 49.6 Å². The van der Waals surface area contributed by atoms with Crippen LogP contribution in [0.5, 0.6) is 0 Å². The predicted molar refractivity (Wildman–Crippen MR) is 112 cm³/mol. The highest BCUT2D eigenvalue weighted by molar-refractivity contribution is 6.49. The van der Waals surface area contributed by atoms with Crippen LogP contribution in [-0.4, -0.2) is 24.1 Å². The van der Waals surface area contributed by atoms with Crippen molar-refractivity contribution in [1.29, 1.82) is 0 Å². The van der Waals surface area contributed by atoms with E-state index in [1.807, 2.05) is 0 Å². The zero-order valence-corrected chi connectivity index (χ0v) is 16.5. The Labute approximate surface area is 171 Å². The maximum atomic E-state index is 12.3. The van der Waals surface area contributed by atoms with Gasteiger partial charge in [-0.3, -0.25) is 14.4 Å². The minimum absolute atomic E-state index is 0. The van der Waals surface area contributed by atoms with Gasteiger partial charge in [-0.25, -0.2) is 0 Å². The second-order valence-electron chi connectivity index (χ2n) is 6.83. The van der Waals surface area contributed by atoms with Crippen LogP contribution in [0.2, 0.25) is 0 Å². The van der Waals surface area contributed by atoms with Gasteiger partial charge in [0.15, 0.2) is 0 Å². The lowest BCUT2D eigenvalue weighted by Crippen LogP contribution is -2.35. The van der Waals surface area contributed by atoms with Crippen LogP contribution in [0.3, 0.4) is 0 Å². The number of carbonyl (C=O) groups excluding carboxylic acids is 3. The summed E-state index contributed by atoms with van der Waals surface area (Å²) in [6.07, 6.45) is 5.42.